The maximum atomic E-state index is 9.54. The number of nitrogens with one attached hydrogen (secondary N) is 1. The van der Waals surface area contributed by atoms with Gasteiger partial charge in [0.25, 0.3) is 0 Å². The van der Waals surface area contributed by atoms with Gasteiger partial charge in [-0.3, -0.25) is 0 Å². The zero-order valence-corrected chi connectivity index (χ0v) is 12.3. The Labute approximate surface area is 115 Å². The van der Waals surface area contributed by atoms with E-state index in [-0.39, 0.29) is 12.1 Å². The first-order chi connectivity index (χ1) is 9.12. The van der Waals surface area contributed by atoms with E-state index in [4.69, 9.17) is 9.47 Å². The molecule has 0 bridgehead atoms. The van der Waals surface area contributed by atoms with E-state index in [2.05, 4.69) is 12.2 Å². The lowest BCUT2D eigenvalue weighted by molar-refractivity contribution is 0.158. The van der Waals surface area contributed by atoms with Crippen LogP contribution in [0.1, 0.15) is 38.3 Å². The van der Waals surface area contributed by atoms with Gasteiger partial charge in [0.1, 0.15) is 11.5 Å². The minimum absolute atomic E-state index is 0.147. The summed E-state index contributed by atoms with van der Waals surface area (Å²) in [6.45, 7) is 4.84. The summed E-state index contributed by atoms with van der Waals surface area (Å²) in [6, 6.07) is 5.92. The molecule has 0 aliphatic carbocycles. The average molecular weight is 267 g/mol. The molecule has 0 aromatic heterocycles. The van der Waals surface area contributed by atoms with Crippen molar-refractivity contribution in [3.63, 3.8) is 0 Å². The van der Waals surface area contributed by atoms with Crippen LogP contribution in [0.4, 0.5) is 0 Å². The number of hydrogen-bond acceptors (Lipinski definition) is 4. The molecule has 2 N–H and O–H groups in total. The largest absolute Gasteiger partial charge is 0.497 e. The van der Waals surface area contributed by atoms with Crippen LogP contribution < -0.4 is 14.8 Å². The van der Waals surface area contributed by atoms with Crippen molar-refractivity contribution in [1.82, 2.24) is 5.32 Å². The average Bonchev–Trinajstić information content (AvgIpc) is 2.45. The highest BCUT2D eigenvalue weighted by Crippen LogP contribution is 2.29. The van der Waals surface area contributed by atoms with E-state index < -0.39 is 0 Å². The third kappa shape index (κ3) is 4.73. The van der Waals surface area contributed by atoms with Crippen LogP contribution in [0.25, 0.3) is 0 Å². The molecule has 0 heterocycles. The second kappa shape index (κ2) is 8.02. The molecule has 2 atom stereocenters. The zero-order valence-electron chi connectivity index (χ0n) is 12.3. The smallest absolute Gasteiger partial charge is 0.123 e. The van der Waals surface area contributed by atoms with Gasteiger partial charge in [-0.1, -0.05) is 6.92 Å². The predicted molar refractivity (Wildman–Crippen MR) is 76.9 cm³/mol. The molecule has 0 radical (unpaired) electrons. The van der Waals surface area contributed by atoms with Crippen LogP contribution >= 0.6 is 0 Å². The summed E-state index contributed by atoms with van der Waals surface area (Å²) >= 11 is 0. The van der Waals surface area contributed by atoms with Crippen molar-refractivity contribution >= 4 is 0 Å². The Bertz CT molecular complexity index is 382. The van der Waals surface area contributed by atoms with Crippen LogP contribution in [0.15, 0.2) is 18.2 Å². The third-order valence-electron chi connectivity index (χ3n) is 3.30. The highest BCUT2D eigenvalue weighted by atomic mass is 16.5. The van der Waals surface area contributed by atoms with Gasteiger partial charge in [-0.15, -0.1) is 0 Å². The molecule has 4 nitrogen and oxygen atoms in total. The molecular weight excluding hydrogens is 242 g/mol. The number of hydrogen-bond donors (Lipinski definition) is 2. The summed E-state index contributed by atoms with van der Waals surface area (Å²) in [5.74, 6) is 1.66. The number of aliphatic hydroxyl groups is 1. The summed E-state index contributed by atoms with van der Waals surface area (Å²) in [7, 11) is 3.32. The van der Waals surface area contributed by atoms with Crippen molar-refractivity contribution in [3.8, 4) is 11.5 Å². The van der Waals surface area contributed by atoms with E-state index in [1.165, 1.54) is 0 Å². The Kier molecular flexibility index (Phi) is 6.67. The minimum Gasteiger partial charge on any atom is -0.497 e. The van der Waals surface area contributed by atoms with Crippen LogP contribution in [0.2, 0.25) is 0 Å². The highest BCUT2D eigenvalue weighted by Gasteiger charge is 2.12. The molecule has 19 heavy (non-hydrogen) atoms. The lowest BCUT2D eigenvalue weighted by Crippen LogP contribution is -2.23. The van der Waals surface area contributed by atoms with Crippen LogP contribution in [-0.2, 0) is 0 Å². The van der Waals surface area contributed by atoms with Gasteiger partial charge in [-0.2, -0.15) is 0 Å². The van der Waals surface area contributed by atoms with Crippen LogP contribution in [0, 0.1) is 0 Å². The fourth-order valence-electron chi connectivity index (χ4n) is 1.96. The summed E-state index contributed by atoms with van der Waals surface area (Å²) in [6.07, 6.45) is 1.32. The van der Waals surface area contributed by atoms with Crippen LogP contribution in [-0.4, -0.2) is 32.0 Å². The maximum absolute atomic E-state index is 9.54. The Morgan fingerprint density at radius 3 is 2.58 bits per heavy atom. The fraction of sp³-hybridized carbons (Fsp3) is 0.600. The first kappa shape index (κ1) is 15.8. The van der Waals surface area contributed by atoms with Crippen LogP contribution in [0.3, 0.4) is 0 Å². The van der Waals surface area contributed by atoms with Crippen LogP contribution in [0.5, 0.6) is 11.5 Å². The summed E-state index contributed by atoms with van der Waals surface area (Å²) in [4.78, 5) is 0. The first-order valence-corrected chi connectivity index (χ1v) is 6.75. The monoisotopic (exact) mass is 267 g/mol. The Balaban J connectivity index is 2.66. The van der Waals surface area contributed by atoms with Crippen molar-refractivity contribution in [2.24, 2.45) is 0 Å². The maximum Gasteiger partial charge on any atom is 0.123 e. The molecule has 2 unspecified atom stereocenters. The van der Waals surface area contributed by atoms with Gasteiger partial charge in [0.2, 0.25) is 0 Å². The minimum atomic E-state index is -0.230. The zero-order chi connectivity index (χ0) is 14.3. The number of methoxy groups -OCH3 is 2. The second-order valence-electron chi connectivity index (χ2n) is 4.63. The molecule has 108 valence electrons. The molecule has 0 aliphatic heterocycles. The molecular formula is C15H25NO3. The van der Waals surface area contributed by atoms with Gasteiger partial charge in [-0.05, 0) is 44.5 Å². The van der Waals surface area contributed by atoms with Crippen molar-refractivity contribution in [3.05, 3.63) is 23.8 Å². The van der Waals surface area contributed by atoms with Gasteiger partial charge in [0.05, 0.1) is 20.3 Å². The third-order valence-corrected chi connectivity index (χ3v) is 3.30. The molecule has 0 saturated carbocycles. The lowest BCUT2D eigenvalue weighted by atomic mass is 10.1. The lowest BCUT2D eigenvalue weighted by Gasteiger charge is -2.19. The molecule has 1 rings (SSSR count). The number of aliphatic hydroxyl groups excluding tert-OH is 1. The summed E-state index contributed by atoms with van der Waals surface area (Å²) in [5, 5.41) is 12.9. The Morgan fingerprint density at radius 1 is 1.26 bits per heavy atom. The molecule has 1 aromatic carbocycles. The Morgan fingerprint density at radius 2 is 2.00 bits per heavy atom. The molecule has 1 aromatic rings. The number of rotatable bonds is 8. The van der Waals surface area contributed by atoms with E-state index in [0.717, 1.165) is 36.4 Å². The number of ether oxygens (including phenoxy) is 2. The van der Waals surface area contributed by atoms with E-state index in [1.807, 2.05) is 25.1 Å². The van der Waals surface area contributed by atoms with E-state index in [1.54, 1.807) is 14.2 Å². The van der Waals surface area contributed by atoms with Gasteiger partial charge in [0.15, 0.2) is 0 Å². The van der Waals surface area contributed by atoms with E-state index >= 15 is 0 Å². The van der Waals surface area contributed by atoms with E-state index in [0.29, 0.717) is 0 Å². The van der Waals surface area contributed by atoms with E-state index in [9.17, 15) is 5.11 Å². The van der Waals surface area contributed by atoms with Crippen molar-refractivity contribution in [2.75, 3.05) is 20.8 Å². The van der Waals surface area contributed by atoms with Gasteiger partial charge >= 0.3 is 0 Å². The number of benzene rings is 1. The Hall–Kier alpha value is -1.26. The fourth-order valence-corrected chi connectivity index (χ4v) is 1.96. The van der Waals surface area contributed by atoms with Crippen molar-refractivity contribution in [1.29, 1.82) is 0 Å². The molecule has 0 amide bonds. The normalized spacial score (nSPS) is 13.9. The second-order valence-corrected chi connectivity index (χ2v) is 4.63. The molecule has 0 spiro atoms. The highest BCUT2D eigenvalue weighted by molar-refractivity contribution is 5.42. The molecule has 0 fully saturated rings. The topological polar surface area (TPSA) is 50.7 Å². The SMILES string of the molecule is CCC(O)CCNC(C)c1cc(OC)ccc1OC. The van der Waals surface area contributed by atoms with Gasteiger partial charge in [0, 0.05) is 11.6 Å². The van der Waals surface area contributed by atoms with Gasteiger partial charge < -0.3 is 19.9 Å². The van der Waals surface area contributed by atoms with Gasteiger partial charge in [-0.25, -0.2) is 0 Å². The molecule has 0 aliphatic rings. The molecule has 4 heteroatoms. The van der Waals surface area contributed by atoms with Crippen molar-refractivity contribution in [2.45, 2.75) is 38.8 Å². The molecule has 0 saturated heterocycles. The van der Waals surface area contributed by atoms with Crippen molar-refractivity contribution < 1.29 is 14.6 Å². The standard InChI is InChI=1S/C15H25NO3/c1-5-12(17)8-9-16-11(2)14-10-13(18-3)6-7-15(14)19-4/h6-7,10-12,16-17H,5,8-9H2,1-4H3. The predicted octanol–water partition coefficient (Wildman–Crippen LogP) is 2.52. The first-order valence-electron chi connectivity index (χ1n) is 6.75. The summed E-state index contributed by atoms with van der Waals surface area (Å²) < 4.78 is 10.6. The quantitative estimate of drug-likeness (QED) is 0.760. The summed E-state index contributed by atoms with van der Waals surface area (Å²) in [5.41, 5.74) is 1.06.